The van der Waals surface area contributed by atoms with E-state index in [-0.39, 0.29) is 5.57 Å². The Balaban J connectivity index is 4.06. The van der Waals surface area contributed by atoms with Gasteiger partial charge < -0.3 is 4.74 Å². The lowest BCUT2D eigenvalue weighted by Gasteiger charge is -2.03. The standard InChI is InChI=1S/C6H9O4P/c1-4(2)6(7)10-5(3)11(8)9/h5H,1H2,2-3H3. The molecule has 0 bridgehead atoms. The van der Waals surface area contributed by atoms with Crippen LogP contribution in [0.4, 0.5) is 0 Å². The average Bonchev–Trinajstić information content (AvgIpc) is 1.87. The molecule has 1 atom stereocenters. The van der Waals surface area contributed by atoms with Crippen molar-refractivity contribution in [1.82, 2.24) is 0 Å². The SMILES string of the molecule is C=C(C)C(=O)OC(C)P(=O)=O. The highest BCUT2D eigenvalue weighted by atomic mass is 31.1. The largest absolute Gasteiger partial charge is 0.444 e. The normalized spacial score (nSPS) is 11.8. The molecule has 0 aromatic rings. The van der Waals surface area contributed by atoms with Crippen LogP contribution < -0.4 is 0 Å². The maximum atomic E-state index is 10.7. The van der Waals surface area contributed by atoms with Crippen molar-refractivity contribution in [2.24, 2.45) is 0 Å². The van der Waals surface area contributed by atoms with Crippen molar-refractivity contribution in [3.05, 3.63) is 12.2 Å². The number of hydrogen-bond acceptors (Lipinski definition) is 4. The molecule has 62 valence electrons. The fraction of sp³-hybridized carbons (Fsp3) is 0.500. The third-order valence-electron chi connectivity index (χ3n) is 0.923. The quantitative estimate of drug-likeness (QED) is 0.372. The molecular formula is C6H9O4P. The lowest BCUT2D eigenvalue weighted by molar-refractivity contribution is -0.140. The summed E-state index contributed by atoms with van der Waals surface area (Å²) in [6, 6.07) is 0. The highest BCUT2D eigenvalue weighted by Crippen LogP contribution is 2.15. The molecular weight excluding hydrogens is 167 g/mol. The summed E-state index contributed by atoms with van der Waals surface area (Å²) in [6.07, 6.45) is 0. The zero-order chi connectivity index (χ0) is 9.02. The molecule has 0 aliphatic carbocycles. The molecule has 0 aromatic carbocycles. The molecule has 0 N–H and O–H groups in total. The number of rotatable bonds is 3. The number of esters is 1. The van der Waals surface area contributed by atoms with Crippen LogP contribution in [0.2, 0.25) is 0 Å². The molecule has 0 aromatic heterocycles. The Hall–Kier alpha value is -0.890. The Morgan fingerprint density at radius 1 is 1.55 bits per heavy atom. The summed E-state index contributed by atoms with van der Waals surface area (Å²) in [5.41, 5.74) is 0.189. The van der Waals surface area contributed by atoms with Gasteiger partial charge in [0, 0.05) is 5.57 Å². The first-order valence-electron chi connectivity index (χ1n) is 2.95. The fourth-order valence-corrected chi connectivity index (χ4v) is 0.480. The molecule has 0 rings (SSSR count). The summed E-state index contributed by atoms with van der Waals surface area (Å²) in [6.45, 7) is 6.03. The van der Waals surface area contributed by atoms with Gasteiger partial charge in [0.15, 0.2) is 0 Å². The van der Waals surface area contributed by atoms with Crippen LogP contribution in [-0.4, -0.2) is 11.8 Å². The van der Waals surface area contributed by atoms with E-state index < -0.39 is 19.5 Å². The average molecular weight is 176 g/mol. The van der Waals surface area contributed by atoms with Crippen LogP contribution in [0.5, 0.6) is 0 Å². The van der Waals surface area contributed by atoms with E-state index in [1.165, 1.54) is 13.8 Å². The van der Waals surface area contributed by atoms with Crippen molar-refractivity contribution in [2.75, 3.05) is 0 Å². The van der Waals surface area contributed by atoms with E-state index in [1.807, 2.05) is 0 Å². The van der Waals surface area contributed by atoms with Gasteiger partial charge in [0.1, 0.15) is 0 Å². The first-order valence-corrected chi connectivity index (χ1v) is 4.19. The van der Waals surface area contributed by atoms with E-state index in [4.69, 9.17) is 0 Å². The minimum Gasteiger partial charge on any atom is -0.444 e. The van der Waals surface area contributed by atoms with Crippen LogP contribution in [0.3, 0.4) is 0 Å². The van der Waals surface area contributed by atoms with E-state index in [1.54, 1.807) is 0 Å². The van der Waals surface area contributed by atoms with Gasteiger partial charge in [-0.15, -0.1) is 0 Å². The number of hydrogen-bond donors (Lipinski definition) is 0. The molecule has 0 saturated carbocycles. The smallest absolute Gasteiger partial charge is 0.357 e. The molecule has 11 heavy (non-hydrogen) atoms. The number of carbonyl (C=O) groups is 1. The molecule has 0 heterocycles. The predicted molar refractivity (Wildman–Crippen MR) is 38.7 cm³/mol. The third-order valence-corrected chi connectivity index (χ3v) is 1.62. The van der Waals surface area contributed by atoms with Gasteiger partial charge in [-0.2, -0.15) is 0 Å². The third kappa shape index (κ3) is 3.73. The van der Waals surface area contributed by atoms with Gasteiger partial charge in [-0.25, -0.2) is 13.9 Å². The molecule has 5 heteroatoms. The Morgan fingerprint density at radius 2 is 2.00 bits per heavy atom. The molecule has 0 aliphatic heterocycles. The molecule has 0 fully saturated rings. The van der Waals surface area contributed by atoms with Crippen LogP contribution in [-0.2, 0) is 18.7 Å². The van der Waals surface area contributed by atoms with Crippen LogP contribution in [0.25, 0.3) is 0 Å². The van der Waals surface area contributed by atoms with E-state index in [9.17, 15) is 13.9 Å². The monoisotopic (exact) mass is 176 g/mol. The van der Waals surface area contributed by atoms with Crippen LogP contribution in [0.1, 0.15) is 13.8 Å². The van der Waals surface area contributed by atoms with Crippen molar-refractivity contribution < 1.29 is 18.7 Å². The summed E-state index contributed by atoms with van der Waals surface area (Å²) in [5.74, 6) is -1.76. The lowest BCUT2D eigenvalue weighted by atomic mass is 10.4. The highest BCUT2D eigenvalue weighted by Gasteiger charge is 2.13. The Bertz CT molecular complexity index is 233. The molecule has 0 amide bonds. The number of carbonyl (C=O) groups excluding carboxylic acids is 1. The molecule has 1 unspecified atom stereocenters. The Morgan fingerprint density at radius 3 is 2.27 bits per heavy atom. The summed E-state index contributed by atoms with van der Waals surface area (Å²) in [4.78, 5) is 10.7. The van der Waals surface area contributed by atoms with Crippen LogP contribution >= 0.6 is 7.68 Å². The topological polar surface area (TPSA) is 60.4 Å². The maximum absolute atomic E-state index is 10.7. The molecule has 0 radical (unpaired) electrons. The van der Waals surface area contributed by atoms with Gasteiger partial charge in [-0.05, 0) is 13.8 Å². The minimum absolute atomic E-state index is 0.189. The molecule has 0 aliphatic rings. The number of ether oxygens (including phenoxy) is 1. The fourth-order valence-electron chi connectivity index (χ4n) is 0.299. The minimum atomic E-state index is -2.70. The maximum Gasteiger partial charge on any atom is 0.357 e. The first-order chi connectivity index (χ1) is 4.95. The summed E-state index contributed by atoms with van der Waals surface area (Å²) in [5, 5.41) is 0. The molecule has 0 spiro atoms. The van der Waals surface area contributed by atoms with Gasteiger partial charge in [0.25, 0.3) is 0 Å². The van der Waals surface area contributed by atoms with Crippen molar-refractivity contribution in [2.45, 2.75) is 19.7 Å². The van der Waals surface area contributed by atoms with Crippen LogP contribution in [0.15, 0.2) is 12.2 Å². The second kappa shape index (κ2) is 4.09. The van der Waals surface area contributed by atoms with Crippen LogP contribution in [0, 0.1) is 0 Å². The molecule has 4 nitrogen and oxygen atoms in total. The van der Waals surface area contributed by atoms with Gasteiger partial charge in [-0.3, -0.25) is 0 Å². The van der Waals surface area contributed by atoms with Gasteiger partial charge in [0.05, 0.1) is 0 Å². The Kier molecular flexibility index (Phi) is 3.76. The summed E-state index contributed by atoms with van der Waals surface area (Å²) >= 11 is 0. The zero-order valence-electron chi connectivity index (χ0n) is 6.36. The van der Waals surface area contributed by atoms with Crippen molar-refractivity contribution in [1.29, 1.82) is 0 Å². The van der Waals surface area contributed by atoms with E-state index >= 15 is 0 Å². The zero-order valence-corrected chi connectivity index (χ0v) is 7.26. The second-order valence-electron chi connectivity index (χ2n) is 2.07. The van der Waals surface area contributed by atoms with E-state index in [0.717, 1.165) is 0 Å². The molecule has 0 saturated heterocycles. The Labute approximate surface area is 65.1 Å². The highest BCUT2D eigenvalue weighted by molar-refractivity contribution is 7.31. The second-order valence-corrected chi connectivity index (χ2v) is 3.37. The summed E-state index contributed by atoms with van der Waals surface area (Å²) < 4.78 is 24.8. The summed E-state index contributed by atoms with van der Waals surface area (Å²) in [7, 11) is -2.70. The van der Waals surface area contributed by atoms with E-state index in [0.29, 0.717) is 0 Å². The van der Waals surface area contributed by atoms with Gasteiger partial charge >= 0.3 is 13.6 Å². The lowest BCUT2D eigenvalue weighted by Crippen LogP contribution is -2.10. The predicted octanol–water partition coefficient (Wildman–Crippen LogP) is 1.62. The van der Waals surface area contributed by atoms with Crippen molar-refractivity contribution in [3.63, 3.8) is 0 Å². The first kappa shape index (κ1) is 10.1. The van der Waals surface area contributed by atoms with Gasteiger partial charge in [0.2, 0.25) is 5.85 Å². The van der Waals surface area contributed by atoms with Crippen molar-refractivity contribution in [3.8, 4) is 0 Å². The van der Waals surface area contributed by atoms with Gasteiger partial charge in [-0.1, -0.05) is 6.58 Å². The van der Waals surface area contributed by atoms with Crippen molar-refractivity contribution >= 4 is 13.6 Å². The van der Waals surface area contributed by atoms with E-state index in [2.05, 4.69) is 11.3 Å².